The maximum absolute atomic E-state index is 8.36. The van der Waals surface area contributed by atoms with Crippen molar-refractivity contribution in [1.29, 1.82) is 0 Å². The Hall–Kier alpha value is -1.25. The second-order valence-corrected chi connectivity index (χ2v) is 0.575. The largest absolute Gasteiger partial charge is 0.483 e. The van der Waals surface area contributed by atoms with Gasteiger partial charge in [-0.3, -0.25) is 4.79 Å². The summed E-state index contributed by atoms with van der Waals surface area (Å²) < 4.78 is 4.36. The van der Waals surface area contributed by atoms with Crippen LogP contribution < -0.4 is 0 Å². The van der Waals surface area contributed by atoms with Gasteiger partial charge >= 0.3 is 0 Å². The Kier molecular flexibility index (Phi) is 21.2. The molecular formula is C5H8O3. The van der Waals surface area contributed by atoms with E-state index in [2.05, 4.69) is 17.9 Å². The lowest BCUT2D eigenvalue weighted by molar-refractivity contribution is -0.122. The molecule has 0 aliphatic carbocycles. The van der Waals surface area contributed by atoms with E-state index in [9.17, 15) is 0 Å². The van der Waals surface area contributed by atoms with E-state index < -0.39 is 0 Å². The molecule has 8 heavy (non-hydrogen) atoms. The summed E-state index contributed by atoms with van der Waals surface area (Å²) in [7, 11) is 0. The maximum atomic E-state index is 8.36. The Morgan fingerprint density at radius 2 is 1.62 bits per heavy atom. The molecule has 0 unspecified atom stereocenters. The minimum absolute atomic E-state index is 0.250. The van der Waals surface area contributed by atoms with E-state index in [1.165, 1.54) is 12.5 Å². The molecule has 0 spiro atoms. The highest BCUT2D eigenvalue weighted by molar-refractivity contribution is 5.32. The monoisotopic (exact) mass is 116 g/mol. The van der Waals surface area contributed by atoms with Crippen molar-refractivity contribution in [3.8, 4) is 0 Å². The quantitative estimate of drug-likeness (QED) is 0.432. The van der Waals surface area contributed by atoms with Crippen LogP contribution in [0.15, 0.2) is 25.7 Å². The maximum Gasteiger partial charge on any atom is 0.290 e. The lowest BCUT2D eigenvalue weighted by Crippen LogP contribution is -1.52. The zero-order chi connectivity index (χ0) is 6.83. The third-order valence-corrected chi connectivity index (χ3v) is 0.192. The van der Waals surface area contributed by atoms with E-state index >= 15 is 0 Å². The van der Waals surface area contributed by atoms with Crippen molar-refractivity contribution < 1.29 is 14.6 Å². The van der Waals surface area contributed by atoms with Crippen LogP contribution in [0.3, 0.4) is 0 Å². The molecule has 3 nitrogen and oxygen atoms in total. The molecule has 0 saturated heterocycles. The molecule has 3 heteroatoms. The Morgan fingerprint density at radius 1 is 1.38 bits per heavy atom. The molecule has 0 saturated carbocycles. The Bertz CT molecular complexity index is 62.1. The first-order chi connectivity index (χ1) is 3.83. The van der Waals surface area contributed by atoms with Gasteiger partial charge in [-0.05, 0) is 0 Å². The molecule has 0 aromatic carbocycles. The Balaban J connectivity index is 0. The van der Waals surface area contributed by atoms with Crippen molar-refractivity contribution in [2.45, 2.75) is 0 Å². The van der Waals surface area contributed by atoms with Crippen molar-refractivity contribution in [2.75, 3.05) is 0 Å². The van der Waals surface area contributed by atoms with Crippen LogP contribution in [0.5, 0.6) is 0 Å². The van der Waals surface area contributed by atoms with Crippen LogP contribution in [-0.4, -0.2) is 11.6 Å². The molecule has 0 aromatic rings. The summed E-state index contributed by atoms with van der Waals surface area (Å²) in [5, 5.41) is 6.89. The summed E-state index contributed by atoms with van der Waals surface area (Å²) in [6.45, 7) is 6.26. The van der Waals surface area contributed by atoms with Crippen LogP contribution in [0, 0.1) is 0 Å². The zero-order valence-electron chi connectivity index (χ0n) is 4.41. The van der Waals surface area contributed by atoms with Gasteiger partial charge in [0.05, 0.1) is 12.5 Å². The lowest BCUT2D eigenvalue weighted by Gasteiger charge is -1.76. The fourth-order valence-electron chi connectivity index (χ4n) is 0.0680. The molecule has 1 N–H and O–H groups in total. The standard InChI is InChI=1S/C4H6O.CH2O2/c1-3-5-4-2;2-1-3/h3-4H,1-2H2;1H,(H,2,3). The van der Waals surface area contributed by atoms with Gasteiger partial charge in [0.2, 0.25) is 0 Å². The van der Waals surface area contributed by atoms with Crippen LogP contribution in [0.25, 0.3) is 0 Å². The van der Waals surface area contributed by atoms with Gasteiger partial charge in [0.25, 0.3) is 6.47 Å². The predicted octanol–water partition coefficient (Wildman–Crippen LogP) is 0.991. The summed E-state index contributed by atoms with van der Waals surface area (Å²) in [6, 6.07) is 0. The average molecular weight is 116 g/mol. The van der Waals surface area contributed by atoms with Crippen LogP contribution in [0.1, 0.15) is 0 Å². The van der Waals surface area contributed by atoms with Gasteiger partial charge in [-0.25, -0.2) is 0 Å². The normalized spacial score (nSPS) is 5.00. The van der Waals surface area contributed by atoms with Crippen molar-refractivity contribution in [1.82, 2.24) is 0 Å². The van der Waals surface area contributed by atoms with Gasteiger partial charge in [-0.15, -0.1) is 0 Å². The second-order valence-electron chi connectivity index (χ2n) is 0.575. The number of carbonyl (C=O) groups is 1. The minimum atomic E-state index is -0.250. The Morgan fingerprint density at radius 3 is 1.62 bits per heavy atom. The summed E-state index contributed by atoms with van der Waals surface area (Å²) in [4.78, 5) is 8.36. The molecule has 0 amide bonds. The van der Waals surface area contributed by atoms with Gasteiger partial charge in [0.1, 0.15) is 0 Å². The molecule has 0 atom stereocenters. The third kappa shape index (κ3) is 119. The number of rotatable bonds is 2. The van der Waals surface area contributed by atoms with Crippen LogP contribution in [0.4, 0.5) is 0 Å². The molecule has 0 aliphatic rings. The summed E-state index contributed by atoms with van der Waals surface area (Å²) >= 11 is 0. The molecule has 0 rings (SSSR count). The molecule has 0 fully saturated rings. The second kappa shape index (κ2) is 17.2. The molecule has 0 aromatic heterocycles. The van der Waals surface area contributed by atoms with Crippen LogP contribution >= 0.6 is 0 Å². The van der Waals surface area contributed by atoms with Crippen molar-refractivity contribution in [3.63, 3.8) is 0 Å². The third-order valence-electron chi connectivity index (χ3n) is 0.192. The first-order valence-electron chi connectivity index (χ1n) is 1.78. The fraction of sp³-hybridized carbons (Fsp3) is 0. The predicted molar refractivity (Wildman–Crippen MR) is 30.2 cm³/mol. The summed E-state index contributed by atoms with van der Waals surface area (Å²) in [5.74, 6) is 0. The number of carboxylic acid groups (broad SMARTS) is 1. The van der Waals surface area contributed by atoms with E-state index in [0.29, 0.717) is 0 Å². The van der Waals surface area contributed by atoms with E-state index in [1.54, 1.807) is 0 Å². The minimum Gasteiger partial charge on any atom is -0.483 e. The van der Waals surface area contributed by atoms with E-state index in [4.69, 9.17) is 9.90 Å². The van der Waals surface area contributed by atoms with Gasteiger partial charge in [-0.1, -0.05) is 13.2 Å². The number of hydrogen-bond donors (Lipinski definition) is 1. The first-order valence-corrected chi connectivity index (χ1v) is 1.78. The van der Waals surface area contributed by atoms with Gasteiger partial charge in [0.15, 0.2) is 0 Å². The van der Waals surface area contributed by atoms with Gasteiger partial charge in [-0.2, -0.15) is 0 Å². The van der Waals surface area contributed by atoms with Crippen molar-refractivity contribution in [3.05, 3.63) is 25.7 Å². The van der Waals surface area contributed by atoms with Crippen LogP contribution in [-0.2, 0) is 9.53 Å². The zero-order valence-corrected chi connectivity index (χ0v) is 4.41. The van der Waals surface area contributed by atoms with E-state index in [-0.39, 0.29) is 6.47 Å². The SMILES string of the molecule is C=COC=C.O=CO. The highest BCUT2D eigenvalue weighted by Gasteiger charge is 1.45. The summed E-state index contributed by atoms with van der Waals surface area (Å²) in [5.41, 5.74) is 0. The van der Waals surface area contributed by atoms with Crippen LogP contribution in [0.2, 0.25) is 0 Å². The molecule has 0 radical (unpaired) electrons. The van der Waals surface area contributed by atoms with E-state index in [1.807, 2.05) is 0 Å². The lowest BCUT2D eigenvalue weighted by atomic mass is 11.1. The molecule has 0 bridgehead atoms. The van der Waals surface area contributed by atoms with Gasteiger partial charge in [0, 0.05) is 0 Å². The van der Waals surface area contributed by atoms with Crippen molar-refractivity contribution >= 4 is 6.47 Å². The smallest absolute Gasteiger partial charge is 0.290 e. The first kappa shape index (κ1) is 9.89. The molecule has 0 heterocycles. The molecule has 0 aliphatic heterocycles. The fourth-order valence-corrected chi connectivity index (χ4v) is 0.0680. The molecular weight excluding hydrogens is 108 g/mol. The Labute approximate surface area is 47.9 Å². The highest BCUT2D eigenvalue weighted by atomic mass is 16.5. The molecule has 46 valence electrons. The van der Waals surface area contributed by atoms with Crippen molar-refractivity contribution in [2.24, 2.45) is 0 Å². The summed E-state index contributed by atoms with van der Waals surface area (Å²) in [6.07, 6.45) is 2.62. The van der Waals surface area contributed by atoms with Gasteiger partial charge < -0.3 is 9.84 Å². The topological polar surface area (TPSA) is 46.5 Å². The number of ether oxygens (including phenoxy) is 1. The highest BCUT2D eigenvalue weighted by Crippen LogP contribution is 1.65. The number of hydrogen-bond acceptors (Lipinski definition) is 2. The average Bonchev–Trinajstić information content (AvgIpc) is 1.71. The van der Waals surface area contributed by atoms with E-state index in [0.717, 1.165) is 0 Å².